The SMILES string of the molecule is COCCc1nnc(NC(=O)/C=C/c2ccccc2)o1. The van der Waals surface area contributed by atoms with Crippen LogP contribution in [0.3, 0.4) is 0 Å². The van der Waals surface area contributed by atoms with Crippen LogP contribution in [0.5, 0.6) is 0 Å². The summed E-state index contributed by atoms with van der Waals surface area (Å²) in [6, 6.07) is 9.60. The van der Waals surface area contributed by atoms with Gasteiger partial charge in [-0.05, 0) is 11.6 Å². The molecule has 6 heteroatoms. The quantitative estimate of drug-likeness (QED) is 0.813. The van der Waals surface area contributed by atoms with Gasteiger partial charge >= 0.3 is 6.01 Å². The molecule has 0 unspecified atom stereocenters. The minimum Gasteiger partial charge on any atom is -0.408 e. The molecule has 20 heavy (non-hydrogen) atoms. The zero-order valence-electron chi connectivity index (χ0n) is 11.1. The van der Waals surface area contributed by atoms with E-state index in [0.29, 0.717) is 18.9 Å². The Bertz CT molecular complexity index is 578. The van der Waals surface area contributed by atoms with Gasteiger partial charge in [-0.3, -0.25) is 10.1 Å². The third-order valence-corrected chi connectivity index (χ3v) is 2.44. The molecule has 0 atom stereocenters. The number of hydrogen-bond donors (Lipinski definition) is 1. The number of nitrogens with one attached hydrogen (secondary N) is 1. The highest BCUT2D eigenvalue weighted by atomic mass is 16.5. The van der Waals surface area contributed by atoms with E-state index in [-0.39, 0.29) is 11.9 Å². The third kappa shape index (κ3) is 4.33. The number of methoxy groups -OCH3 is 1. The Balaban J connectivity index is 1.88. The molecule has 1 aromatic heterocycles. The average molecular weight is 273 g/mol. The van der Waals surface area contributed by atoms with E-state index in [0.717, 1.165) is 5.56 Å². The number of rotatable bonds is 6. The number of benzene rings is 1. The summed E-state index contributed by atoms with van der Waals surface area (Å²) in [4.78, 5) is 11.7. The Labute approximate surface area is 116 Å². The highest BCUT2D eigenvalue weighted by Crippen LogP contribution is 2.07. The van der Waals surface area contributed by atoms with Gasteiger partial charge in [0.25, 0.3) is 5.91 Å². The summed E-state index contributed by atoms with van der Waals surface area (Å²) in [6.45, 7) is 0.490. The van der Waals surface area contributed by atoms with Crippen LogP contribution in [0, 0.1) is 0 Å². The van der Waals surface area contributed by atoms with E-state index >= 15 is 0 Å². The molecule has 1 N–H and O–H groups in total. The van der Waals surface area contributed by atoms with E-state index in [1.165, 1.54) is 6.08 Å². The lowest BCUT2D eigenvalue weighted by Gasteiger charge is -1.95. The minimum absolute atomic E-state index is 0.0822. The number of carbonyl (C=O) groups excluding carboxylic acids is 1. The summed E-state index contributed by atoms with van der Waals surface area (Å²) < 4.78 is 10.1. The number of ether oxygens (including phenoxy) is 1. The van der Waals surface area contributed by atoms with E-state index in [4.69, 9.17) is 9.15 Å². The van der Waals surface area contributed by atoms with E-state index < -0.39 is 0 Å². The number of nitrogens with zero attached hydrogens (tertiary/aromatic N) is 2. The number of anilines is 1. The fourth-order valence-electron chi connectivity index (χ4n) is 1.48. The van der Waals surface area contributed by atoms with E-state index in [1.54, 1.807) is 13.2 Å². The van der Waals surface area contributed by atoms with Crippen LogP contribution in [0.2, 0.25) is 0 Å². The number of carbonyl (C=O) groups is 1. The maximum absolute atomic E-state index is 11.7. The van der Waals surface area contributed by atoms with Crippen molar-refractivity contribution in [3.8, 4) is 0 Å². The lowest BCUT2D eigenvalue weighted by atomic mass is 10.2. The first-order valence-corrected chi connectivity index (χ1v) is 6.13. The van der Waals surface area contributed by atoms with Gasteiger partial charge in [0.2, 0.25) is 5.89 Å². The second kappa shape index (κ2) is 7.20. The molecular weight excluding hydrogens is 258 g/mol. The zero-order chi connectivity index (χ0) is 14.2. The van der Waals surface area contributed by atoms with Crippen molar-refractivity contribution >= 4 is 18.0 Å². The van der Waals surface area contributed by atoms with E-state index in [2.05, 4.69) is 15.5 Å². The van der Waals surface area contributed by atoms with Gasteiger partial charge in [0, 0.05) is 19.6 Å². The predicted molar refractivity (Wildman–Crippen MR) is 74.0 cm³/mol. The van der Waals surface area contributed by atoms with Gasteiger partial charge < -0.3 is 9.15 Å². The highest BCUT2D eigenvalue weighted by molar-refractivity contribution is 6.00. The Morgan fingerprint density at radius 3 is 2.90 bits per heavy atom. The summed E-state index contributed by atoms with van der Waals surface area (Å²) in [5.74, 6) is 0.102. The second-order valence-corrected chi connectivity index (χ2v) is 3.98. The largest absolute Gasteiger partial charge is 0.408 e. The van der Waals surface area contributed by atoms with Crippen LogP contribution in [0.4, 0.5) is 6.01 Å². The van der Waals surface area contributed by atoms with E-state index in [9.17, 15) is 4.79 Å². The number of amides is 1. The van der Waals surface area contributed by atoms with Gasteiger partial charge in [-0.1, -0.05) is 35.4 Å². The fraction of sp³-hybridized carbons (Fsp3) is 0.214. The first-order chi connectivity index (χ1) is 9.78. The monoisotopic (exact) mass is 273 g/mol. The summed E-state index contributed by atoms with van der Waals surface area (Å²) in [7, 11) is 1.59. The lowest BCUT2D eigenvalue weighted by Crippen LogP contribution is -2.07. The van der Waals surface area contributed by atoms with Crippen LogP contribution in [0.15, 0.2) is 40.8 Å². The normalized spacial score (nSPS) is 10.8. The van der Waals surface area contributed by atoms with Gasteiger partial charge in [0.15, 0.2) is 0 Å². The van der Waals surface area contributed by atoms with Crippen molar-refractivity contribution in [3.63, 3.8) is 0 Å². The predicted octanol–water partition coefficient (Wildman–Crippen LogP) is 1.91. The summed E-state index contributed by atoms with van der Waals surface area (Å²) >= 11 is 0. The van der Waals surface area contributed by atoms with Crippen molar-refractivity contribution in [2.45, 2.75) is 6.42 Å². The van der Waals surface area contributed by atoms with Crippen LogP contribution in [0.25, 0.3) is 6.08 Å². The maximum atomic E-state index is 11.7. The first kappa shape index (κ1) is 14.0. The smallest absolute Gasteiger partial charge is 0.322 e. The first-order valence-electron chi connectivity index (χ1n) is 6.13. The average Bonchev–Trinajstić information content (AvgIpc) is 2.91. The van der Waals surface area contributed by atoms with Crippen molar-refractivity contribution in [2.24, 2.45) is 0 Å². The zero-order valence-corrected chi connectivity index (χ0v) is 11.1. The van der Waals surface area contributed by atoms with Crippen LogP contribution >= 0.6 is 0 Å². The van der Waals surface area contributed by atoms with Crippen molar-refractivity contribution in [3.05, 3.63) is 47.9 Å². The van der Waals surface area contributed by atoms with Crippen molar-refractivity contribution in [1.29, 1.82) is 0 Å². The molecule has 1 heterocycles. The van der Waals surface area contributed by atoms with Gasteiger partial charge in [-0.25, -0.2) is 0 Å². The molecule has 0 bridgehead atoms. The topological polar surface area (TPSA) is 77.3 Å². The van der Waals surface area contributed by atoms with Crippen LogP contribution in [-0.4, -0.2) is 29.8 Å². The minimum atomic E-state index is -0.323. The lowest BCUT2D eigenvalue weighted by molar-refractivity contribution is -0.112. The molecule has 0 fully saturated rings. The molecule has 2 rings (SSSR count). The van der Waals surface area contributed by atoms with Gasteiger partial charge in [-0.2, -0.15) is 0 Å². The van der Waals surface area contributed by atoms with Crippen LogP contribution < -0.4 is 5.32 Å². The Hall–Kier alpha value is -2.47. The molecule has 1 amide bonds. The van der Waals surface area contributed by atoms with Crippen molar-refractivity contribution in [1.82, 2.24) is 10.2 Å². The second-order valence-electron chi connectivity index (χ2n) is 3.98. The Kier molecular flexibility index (Phi) is 5.02. The third-order valence-electron chi connectivity index (χ3n) is 2.44. The molecule has 0 spiro atoms. The Morgan fingerprint density at radius 1 is 1.35 bits per heavy atom. The summed E-state index contributed by atoms with van der Waals surface area (Å²) in [6.07, 6.45) is 3.63. The van der Waals surface area contributed by atoms with Crippen molar-refractivity contribution < 1.29 is 13.9 Å². The number of hydrogen-bond acceptors (Lipinski definition) is 5. The molecule has 0 aliphatic carbocycles. The molecule has 6 nitrogen and oxygen atoms in total. The van der Waals surface area contributed by atoms with Crippen LogP contribution in [0.1, 0.15) is 11.5 Å². The number of aromatic nitrogens is 2. The van der Waals surface area contributed by atoms with Gasteiger partial charge in [-0.15, -0.1) is 5.10 Å². The van der Waals surface area contributed by atoms with Gasteiger partial charge in [0.05, 0.1) is 6.61 Å². The molecule has 1 aromatic carbocycles. The molecule has 0 saturated carbocycles. The molecule has 0 radical (unpaired) electrons. The highest BCUT2D eigenvalue weighted by Gasteiger charge is 2.07. The van der Waals surface area contributed by atoms with Crippen molar-refractivity contribution in [2.75, 3.05) is 19.0 Å². The fourth-order valence-corrected chi connectivity index (χ4v) is 1.48. The standard InChI is InChI=1S/C14H15N3O3/c1-19-10-9-13-16-17-14(20-13)15-12(18)8-7-11-5-3-2-4-6-11/h2-8H,9-10H2,1H3,(H,15,17,18)/b8-7+. The molecule has 2 aromatic rings. The van der Waals surface area contributed by atoms with E-state index in [1.807, 2.05) is 30.3 Å². The summed E-state index contributed by atoms with van der Waals surface area (Å²) in [5.41, 5.74) is 0.939. The van der Waals surface area contributed by atoms with Gasteiger partial charge in [0.1, 0.15) is 0 Å². The molecule has 0 aliphatic rings. The molecule has 0 saturated heterocycles. The Morgan fingerprint density at radius 2 is 2.15 bits per heavy atom. The summed E-state index contributed by atoms with van der Waals surface area (Å²) in [5, 5.41) is 10.0. The molecule has 104 valence electrons. The van der Waals surface area contributed by atoms with Crippen LogP contribution in [-0.2, 0) is 16.0 Å². The molecule has 0 aliphatic heterocycles. The molecular formula is C14H15N3O3. The maximum Gasteiger partial charge on any atom is 0.322 e.